The molecule has 0 spiro atoms. The van der Waals surface area contributed by atoms with Crippen molar-refractivity contribution in [3.63, 3.8) is 0 Å². The monoisotopic (exact) mass is 226 g/mol. The van der Waals surface area contributed by atoms with Crippen LogP contribution in [0.15, 0.2) is 0 Å². The largest absolute Gasteiger partial charge is 0.377 e. The summed E-state index contributed by atoms with van der Waals surface area (Å²) in [5.41, 5.74) is 0. The molecule has 0 aromatic heterocycles. The van der Waals surface area contributed by atoms with Gasteiger partial charge in [0.1, 0.15) is 0 Å². The Hall–Kier alpha value is -0.120. The molecule has 3 heteroatoms. The van der Waals surface area contributed by atoms with Gasteiger partial charge >= 0.3 is 0 Å². The van der Waals surface area contributed by atoms with Gasteiger partial charge in [0, 0.05) is 25.2 Å². The summed E-state index contributed by atoms with van der Waals surface area (Å²) < 4.78 is 5.58. The molecule has 3 nitrogen and oxygen atoms in total. The number of ether oxygens (including phenoxy) is 1. The molecule has 1 N–H and O–H groups in total. The fraction of sp³-hybridized carbons (Fsp3) is 1.00. The maximum absolute atomic E-state index is 5.58. The zero-order valence-corrected chi connectivity index (χ0v) is 10.7. The van der Waals surface area contributed by atoms with Gasteiger partial charge in [0.15, 0.2) is 0 Å². The van der Waals surface area contributed by atoms with Crippen molar-refractivity contribution in [3.05, 3.63) is 0 Å². The average molecular weight is 226 g/mol. The molecular formula is C13H26N2O. The molecule has 94 valence electrons. The number of likely N-dealkylation sites (tertiary alicyclic amines) is 1. The van der Waals surface area contributed by atoms with Gasteiger partial charge in [-0.2, -0.15) is 0 Å². The Bertz CT molecular complexity index is 204. The molecule has 3 atom stereocenters. The SMILES string of the molecule is CC(CN1CCCCC1)NC1CCOC1C. The number of rotatable bonds is 4. The normalized spacial score (nSPS) is 34.1. The first kappa shape index (κ1) is 12.3. The van der Waals surface area contributed by atoms with E-state index < -0.39 is 0 Å². The molecule has 0 saturated carbocycles. The highest BCUT2D eigenvalue weighted by Crippen LogP contribution is 2.14. The second-order valence-electron chi connectivity index (χ2n) is 5.40. The van der Waals surface area contributed by atoms with E-state index >= 15 is 0 Å². The first-order valence-electron chi connectivity index (χ1n) is 6.85. The topological polar surface area (TPSA) is 24.5 Å². The standard InChI is InChI=1S/C13H26N2O/c1-11(10-15-7-4-3-5-8-15)14-13-6-9-16-12(13)2/h11-14H,3-10H2,1-2H3. The summed E-state index contributed by atoms with van der Waals surface area (Å²) in [5, 5.41) is 3.71. The molecule has 0 amide bonds. The summed E-state index contributed by atoms with van der Waals surface area (Å²) in [6.07, 6.45) is 5.76. The summed E-state index contributed by atoms with van der Waals surface area (Å²) in [5.74, 6) is 0. The molecule has 16 heavy (non-hydrogen) atoms. The van der Waals surface area contributed by atoms with E-state index in [2.05, 4.69) is 24.1 Å². The lowest BCUT2D eigenvalue weighted by Gasteiger charge is -2.31. The van der Waals surface area contributed by atoms with Crippen LogP contribution in [0.5, 0.6) is 0 Å². The Morgan fingerprint density at radius 3 is 2.69 bits per heavy atom. The van der Waals surface area contributed by atoms with Gasteiger partial charge in [0.05, 0.1) is 6.10 Å². The van der Waals surface area contributed by atoms with E-state index in [9.17, 15) is 0 Å². The second kappa shape index (κ2) is 5.99. The van der Waals surface area contributed by atoms with Crippen molar-refractivity contribution in [2.24, 2.45) is 0 Å². The van der Waals surface area contributed by atoms with Crippen LogP contribution in [0.2, 0.25) is 0 Å². The second-order valence-corrected chi connectivity index (χ2v) is 5.40. The van der Waals surface area contributed by atoms with E-state index in [4.69, 9.17) is 4.74 Å². The Labute approximate surface area is 99.5 Å². The van der Waals surface area contributed by atoms with Crippen LogP contribution in [-0.4, -0.2) is 49.3 Å². The third-order valence-electron chi connectivity index (χ3n) is 3.86. The Morgan fingerprint density at radius 1 is 1.31 bits per heavy atom. The summed E-state index contributed by atoms with van der Waals surface area (Å²) in [6.45, 7) is 9.20. The van der Waals surface area contributed by atoms with E-state index in [-0.39, 0.29) is 0 Å². The van der Waals surface area contributed by atoms with Gasteiger partial charge in [-0.25, -0.2) is 0 Å². The van der Waals surface area contributed by atoms with Crippen LogP contribution in [0.1, 0.15) is 39.5 Å². The third kappa shape index (κ3) is 3.44. The summed E-state index contributed by atoms with van der Waals surface area (Å²) >= 11 is 0. The fourth-order valence-corrected chi connectivity index (χ4v) is 2.90. The summed E-state index contributed by atoms with van der Waals surface area (Å²) in [6, 6.07) is 1.16. The molecule has 0 bridgehead atoms. The van der Waals surface area contributed by atoms with Crippen LogP contribution < -0.4 is 5.32 Å². The molecule has 0 aromatic carbocycles. The molecule has 2 saturated heterocycles. The lowest BCUT2D eigenvalue weighted by atomic mass is 10.1. The summed E-state index contributed by atoms with van der Waals surface area (Å²) in [7, 11) is 0. The van der Waals surface area contributed by atoms with Gasteiger partial charge in [-0.1, -0.05) is 6.42 Å². The highest BCUT2D eigenvalue weighted by Gasteiger charge is 2.25. The van der Waals surface area contributed by atoms with Gasteiger partial charge < -0.3 is 15.0 Å². The zero-order valence-electron chi connectivity index (χ0n) is 10.7. The van der Waals surface area contributed by atoms with Crippen molar-refractivity contribution in [1.82, 2.24) is 10.2 Å². The molecule has 0 aromatic rings. The minimum Gasteiger partial charge on any atom is -0.377 e. The van der Waals surface area contributed by atoms with Gasteiger partial charge in [-0.05, 0) is 46.2 Å². The van der Waals surface area contributed by atoms with E-state index in [0.29, 0.717) is 18.2 Å². The fourth-order valence-electron chi connectivity index (χ4n) is 2.90. The van der Waals surface area contributed by atoms with Gasteiger partial charge in [0.25, 0.3) is 0 Å². The van der Waals surface area contributed by atoms with Crippen LogP contribution in [0.4, 0.5) is 0 Å². The van der Waals surface area contributed by atoms with Gasteiger partial charge in [0.2, 0.25) is 0 Å². The molecule has 0 aliphatic carbocycles. The predicted molar refractivity (Wildman–Crippen MR) is 66.7 cm³/mol. The van der Waals surface area contributed by atoms with Crippen molar-refractivity contribution in [1.29, 1.82) is 0 Å². The van der Waals surface area contributed by atoms with Crippen LogP contribution in [0.3, 0.4) is 0 Å². The molecule has 2 heterocycles. The molecule has 2 fully saturated rings. The Balaban J connectivity index is 1.68. The van der Waals surface area contributed by atoms with Crippen molar-refractivity contribution in [2.45, 2.75) is 57.7 Å². The minimum atomic E-state index is 0.392. The maximum Gasteiger partial charge on any atom is 0.0700 e. The van der Waals surface area contributed by atoms with Crippen LogP contribution in [-0.2, 0) is 4.74 Å². The number of piperidine rings is 1. The Kier molecular flexibility index (Phi) is 4.62. The summed E-state index contributed by atoms with van der Waals surface area (Å²) in [4.78, 5) is 2.60. The van der Waals surface area contributed by atoms with E-state index in [0.717, 1.165) is 6.61 Å². The van der Waals surface area contributed by atoms with Crippen LogP contribution >= 0.6 is 0 Å². The van der Waals surface area contributed by atoms with Crippen molar-refractivity contribution in [2.75, 3.05) is 26.2 Å². The first-order valence-corrected chi connectivity index (χ1v) is 6.85. The highest BCUT2D eigenvalue weighted by atomic mass is 16.5. The van der Waals surface area contributed by atoms with Crippen LogP contribution in [0, 0.1) is 0 Å². The van der Waals surface area contributed by atoms with E-state index in [1.165, 1.54) is 45.3 Å². The van der Waals surface area contributed by atoms with Crippen molar-refractivity contribution in [3.8, 4) is 0 Å². The Morgan fingerprint density at radius 2 is 2.06 bits per heavy atom. The van der Waals surface area contributed by atoms with Gasteiger partial charge in [-0.3, -0.25) is 0 Å². The molecule has 0 radical (unpaired) electrons. The molecule has 3 unspecified atom stereocenters. The number of hydrogen-bond acceptors (Lipinski definition) is 3. The minimum absolute atomic E-state index is 0.392. The third-order valence-corrected chi connectivity index (χ3v) is 3.86. The highest BCUT2D eigenvalue weighted by molar-refractivity contribution is 4.83. The average Bonchev–Trinajstić information content (AvgIpc) is 2.66. The molecule has 2 rings (SSSR count). The van der Waals surface area contributed by atoms with Crippen LogP contribution in [0.25, 0.3) is 0 Å². The molecule has 2 aliphatic heterocycles. The quantitative estimate of drug-likeness (QED) is 0.788. The van der Waals surface area contributed by atoms with Gasteiger partial charge in [-0.15, -0.1) is 0 Å². The van der Waals surface area contributed by atoms with E-state index in [1.807, 2.05) is 0 Å². The van der Waals surface area contributed by atoms with Crippen molar-refractivity contribution >= 4 is 0 Å². The first-order chi connectivity index (χ1) is 7.75. The number of nitrogens with zero attached hydrogens (tertiary/aromatic N) is 1. The van der Waals surface area contributed by atoms with Crippen molar-refractivity contribution < 1.29 is 4.74 Å². The zero-order chi connectivity index (χ0) is 11.4. The maximum atomic E-state index is 5.58. The molecule has 2 aliphatic rings. The number of hydrogen-bond donors (Lipinski definition) is 1. The number of nitrogens with one attached hydrogen (secondary N) is 1. The predicted octanol–water partition coefficient (Wildman–Crippen LogP) is 1.63. The van der Waals surface area contributed by atoms with E-state index in [1.54, 1.807) is 0 Å². The molecular weight excluding hydrogens is 200 g/mol. The lowest BCUT2D eigenvalue weighted by Crippen LogP contribution is -2.47. The lowest BCUT2D eigenvalue weighted by molar-refractivity contribution is 0.108. The smallest absolute Gasteiger partial charge is 0.0700 e.